The molecule has 2 aromatic carbocycles. The largest absolute Gasteiger partial charge is 0.286 e. The SMILES string of the molecule is Cc1ccc(S(=O)(=O)C(c2ccccc2)C(Br)[N+](=O)[O-])cc1. The average molecular weight is 384 g/mol. The second kappa shape index (κ2) is 6.58. The lowest BCUT2D eigenvalue weighted by molar-refractivity contribution is -0.493. The van der Waals surface area contributed by atoms with Crippen LogP contribution in [0.25, 0.3) is 0 Å². The molecule has 0 bridgehead atoms. The van der Waals surface area contributed by atoms with Gasteiger partial charge in [0.25, 0.3) is 4.95 Å². The Bertz CT molecular complexity index is 760. The quantitative estimate of drug-likeness (QED) is 0.342. The first-order valence-electron chi connectivity index (χ1n) is 6.47. The van der Waals surface area contributed by atoms with Gasteiger partial charge in [-0.25, -0.2) is 8.42 Å². The van der Waals surface area contributed by atoms with Gasteiger partial charge in [0, 0.05) is 4.92 Å². The Kier molecular flexibility index (Phi) is 4.97. The number of rotatable bonds is 5. The minimum absolute atomic E-state index is 0.0678. The van der Waals surface area contributed by atoms with Crippen LogP contribution in [0.4, 0.5) is 0 Å². The number of nitro groups is 1. The third-order valence-corrected chi connectivity index (χ3v) is 6.60. The van der Waals surface area contributed by atoms with Crippen molar-refractivity contribution in [3.63, 3.8) is 0 Å². The Morgan fingerprint density at radius 3 is 2.09 bits per heavy atom. The van der Waals surface area contributed by atoms with E-state index in [0.29, 0.717) is 5.56 Å². The summed E-state index contributed by atoms with van der Waals surface area (Å²) in [4.78, 5) is 9.14. The lowest BCUT2D eigenvalue weighted by Crippen LogP contribution is -2.28. The van der Waals surface area contributed by atoms with Crippen LogP contribution >= 0.6 is 15.9 Å². The number of halogens is 1. The molecular formula is C15H14BrNO4S. The second-order valence-electron chi connectivity index (χ2n) is 4.85. The molecule has 0 spiro atoms. The van der Waals surface area contributed by atoms with Crippen molar-refractivity contribution >= 4 is 25.8 Å². The highest BCUT2D eigenvalue weighted by Gasteiger charge is 2.41. The predicted molar refractivity (Wildman–Crippen MR) is 87.3 cm³/mol. The zero-order valence-electron chi connectivity index (χ0n) is 11.7. The number of sulfone groups is 1. The summed E-state index contributed by atoms with van der Waals surface area (Å²) in [5, 5.41) is 9.84. The molecule has 0 saturated heterocycles. The predicted octanol–water partition coefficient (Wildman–Crippen LogP) is 3.51. The van der Waals surface area contributed by atoms with Gasteiger partial charge in [-0.3, -0.25) is 10.1 Å². The molecule has 2 atom stereocenters. The summed E-state index contributed by atoms with van der Waals surface area (Å²) in [5.74, 6) is 0. The van der Waals surface area contributed by atoms with Crippen molar-refractivity contribution in [1.82, 2.24) is 0 Å². The van der Waals surface area contributed by atoms with E-state index >= 15 is 0 Å². The van der Waals surface area contributed by atoms with Gasteiger partial charge in [-0.1, -0.05) is 48.0 Å². The summed E-state index contributed by atoms with van der Waals surface area (Å²) in [5.41, 5.74) is 1.29. The van der Waals surface area contributed by atoms with Gasteiger partial charge >= 0.3 is 0 Å². The third-order valence-electron chi connectivity index (χ3n) is 3.26. The van der Waals surface area contributed by atoms with E-state index in [1.807, 2.05) is 6.92 Å². The summed E-state index contributed by atoms with van der Waals surface area (Å²) in [6, 6.07) is 14.5. The summed E-state index contributed by atoms with van der Waals surface area (Å²) in [6.07, 6.45) is 0. The van der Waals surface area contributed by atoms with Crippen LogP contribution in [-0.2, 0) is 9.84 Å². The smallest absolute Gasteiger partial charge is 0.263 e. The summed E-state index contributed by atoms with van der Waals surface area (Å²) < 4.78 is 25.7. The van der Waals surface area contributed by atoms with Gasteiger partial charge in [0.1, 0.15) is 0 Å². The standard InChI is InChI=1S/C15H14BrNO4S/c1-11-7-9-13(10-8-11)22(20,21)14(15(16)17(18)19)12-5-3-2-4-6-12/h2-10,14-15H,1H3. The highest BCUT2D eigenvalue weighted by molar-refractivity contribution is 9.09. The van der Waals surface area contributed by atoms with Crippen LogP contribution in [0.2, 0.25) is 0 Å². The van der Waals surface area contributed by atoms with E-state index in [1.165, 1.54) is 12.1 Å². The Morgan fingerprint density at radius 1 is 1.05 bits per heavy atom. The van der Waals surface area contributed by atoms with Gasteiger partial charge in [0.2, 0.25) is 0 Å². The monoisotopic (exact) mass is 383 g/mol. The van der Waals surface area contributed by atoms with Crippen LogP contribution in [0, 0.1) is 17.0 Å². The lowest BCUT2D eigenvalue weighted by Gasteiger charge is -2.18. The van der Waals surface area contributed by atoms with E-state index in [4.69, 9.17) is 0 Å². The molecule has 7 heteroatoms. The molecule has 0 aromatic heterocycles. The number of aryl methyl sites for hydroxylation is 1. The molecule has 2 aromatic rings. The molecule has 0 N–H and O–H groups in total. The number of nitrogens with zero attached hydrogens (tertiary/aromatic N) is 1. The van der Waals surface area contributed by atoms with E-state index in [2.05, 4.69) is 15.9 Å². The summed E-state index contributed by atoms with van der Waals surface area (Å²) in [7, 11) is -3.90. The molecule has 116 valence electrons. The van der Waals surface area contributed by atoms with Gasteiger partial charge in [0.05, 0.1) is 4.90 Å². The van der Waals surface area contributed by atoms with E-state index in [-0.39, 0.29) is 4.90 Å². The first-order valence-corrected chi connectivity index (χ1v) is 8.93. The summed E-state index contributed by atoms with van der Waals surface area (Å²) >= 11 is 2.91. The fourth-order valence-electron chi connectivity index (χ4n) is 2.11. The number of hydrogen-bond acceptors (Lipinski definition) is 4. The van der Waals surface area contributed by atoms with Crippen LogP contribution < -0.4 is 0 Å². The second-order valence-corrected chi connectivity index (χ2v) is 7.85. The van der Waals surface area contributed by atoms with Gasteiger partial charge in [-0.15, -0.1) is 0 Å². The molecular weight excluding hydrogens is 370 g/mol. The van der Waals surface area contributed by atoms with Crippen molar-refractivity contribution in [1.29, 1.82) is 0 Å². The van der Waals surface area contributed by atoms with Crippen LogP contribution in [0.1, 0.15) is 16.4 Å². The van der Waals surface area contributed by atoms with E-state index in [0.717, 1.165) is 5.56 Å². The fourth-order valence-corrected chi connectivity index (χ4v) is 4.99. The average Bonchev–Trinajstić information content (AvgIpc) is 2.48. The molecule has 5 nitrogen and oxygen atoms in total. The Balaban J connectivity index is 2.58. The van der Waals surface area contributed by atoms with Crippen molar-refractivity contribution in [2.45, 2.75) is 22.0 Å². The first kappa shape index (κ1) is 16.6. The van der Waals surface area contributed by atoms with Gasteiger partial charge in [-0.05, 0) is 40.5 Å². The van der Waals surface area contributed by atoms with Crippen LogP contribution in [0.15, 0.2) is 59.5 Å². The van der Waals surface area contributed by atoms with Crippen LogP contribution in [0.5, 0.6) is 0 Å². The molecule has 0 radical (unpaired) electrons. The maximum absolute atomic E-state index is 12.9. The number of alkyl halides is 1. The summed E-state index contributed by atoms with van der Waals surface area (Å²) in [6.45, 7) is 1.84. The van der Waals surface area contributed by atoms with Crippen LogP contribution in [0.3, 0.4) is 0 Å². The molecule has 0 fully saturated rings. The zero-order valence-corrected chi connectivity index (χ0v) is 14.1. The highest BCUT2D eigenvalue weighted by atomic mass is 79.9. The van der Waals surface area contributed by atoms with Gasteiger partial charge in [-0.2, -0.15) is 0 Å². The number of benzene rings is 2. The van der Waals surface area contributed by atoms with Crippen LogP contribution in [-0.4, -0.2) is 18.3 Å². The molecule has 2 rings (SSSR count). The topological polar surface area (TPSA) is 77.3 Å². The molecule has 22 heavy (non-hydrogen) atoms. The Labute approximate surface area is 137 Å². The van der Waals surface area contributed by atoms with Crippen molar-refractivity contribution in [2.75, 3.05) is 0 Å². The fraction of sp³-hybridized carbons (Fsp3) is 0.200. The zero-order chi connectivity index (χ0) is 16.3. The third kappa shape index (κ3) is 3.36. The molecule has 0 aliphatic carbocycles. The van der Waals surface area contributed by atoms with E-state index in [9.17, 15) is 18.5 Å². The molecule has 0 saturated carbocycles. The lowest BCUT2D eigenvalue weighted by atomic mass is 10.1. The van der Waals surface area contributed by atoms with Gasteiger partial charge in [0.15, 0.2) is 15.1 Å². The molecule has 0 aliphatic heterocycles. The van der Waals surface area contributed by atoms with E-state index < -0.39 is 25.0 Å². The highest BCUT2D eigenvalue weighted by Crippen LogP contribution is 2.35. The van der Waals surface area contributed by atoms with Crippen molar-refractivity contribution in [2.24, 2.45) is 0 Å². The maximum Gasteiger partial charge on any atom is 0.286 e. The maximum atomic E-state index is 12.9. The first-order chi connectivity index (χ1) is 10.3. The molecule has 0 amide bonds. The molecule has 0 aliphatic rings. The van der Waals surface area contributed by atoms with Crippen molar-refractivity contribution in [3.8, 4) is 0 Å². The molecule has 0 heterocycles. The minimum Gasteiger partial charge on any atom is -0.263 e. The Hall–Kier alpha value is -1.73. The number of hydrogen-bond donors (Lipinski definition) is 0. The normalized spacial score (nSPS) is 14.3. The van der Waals surface area contributed by atoms with Crippen molar-refractivity contribution < 1.29 is 13.3 Å². The van der Waals surface area contributed by atoms with Gasteiger partial charge < -0.3 is 0 Å². The molecule has 2 unspecified atom stereocenters. The Morgan fingerprint density at radius 2 is 1.59 bits per heavy atom. The van der Waals surface area contributed by atoms with E-state index in [1.54, 1.807) is 42.5 Å². The van der Waals surface area contributed by atoms with Crippen molar-refractivity contribution in [3.05, 3.63) is 75.8 Å². The minimum atomic E-state index is -3.90.